The third-order valence-corrected chi connectivity index (χ3v) is 11.5. The number of hydrogen-bond acceptors (Lipinski definition) is 14. The number of nitrogens with one attached hydrogen (secondary N) is 1. The molecule has 14 nitrogen and oxygen atoms in total. The molecule has 6 atom stereocenters. The van der Waals surface area contributed by atoms with E-state index in [0.29, 0.717) is 17.9 Å². The minimum absolute atomic E-state index is 0.0410. The molecule has 0 spiro atoms. The van der Waals surface area contributed by atoms with Gasteiger partial charge in [-0.05, 0) is 35.2 Å². The topological polar surface area (TPSA) is 159 Å². The van der Waals surface area contributed by atoms with Gasteiger partial charge in [0.15, 0.2) is 11.3 Å². The molecule has 286 valence electrons. The Morgan fingerprint density at radius 2 is 1.54 bits per heavy atom. The van der Waals surface area contributed by atoms with Gasteiger partial charge in [-0.25, -0.2) is 9.78 Å². The van der Waals surface area contributed by atoms with Gasteiger partial charge in [0.25, 0.3) is 6.48 Å². The Hall–Kier alpha value is -4.05. The second-order valence-corrected chi connectivity index (χ2v) is 15.3. The van der Waals surface area contributed by atoms with Crippen molar-refractivity contribution in [3.05, 3.63) is 118 Å². The lowest BCUT2D eigenvalue weighted by molar-refractivity contribution is -0.256. The van der Waals surface area contributed by atoms with E-state index in [1.807, 2.05) is 106 Å². The van der Waals surface area contributed by atoms with E-state index < -0.39 is 55.9 Å². The highest BCUT2D eigenvalue weighted by Crippen LogP contribution is 2.42. The average molecular weight is 780 g/mol. The number of carbonyl (C=O) groups is 1. The van der Waals surface area contributed by atoms with Crippen LogP contribution < -0.4 is 15.7 Å². The number of carbonyl (C=O) groups excluding carboxylic acids is 1. The summed E-state index contributed by atoms with van der Waals surface area (Å²) in [7, 11) is 0.497. The lowest BCUT2D eigenvalue weighted by Crippen LogP contribution is -2.40. The molecule has 4 aromatic rings. The molecule has 1 aromatic heterocycles. The van der Waals surface area contributed by atoms with E-state index >= 15 is 0 Å². The van der Waals surface area contributed by atoms with E-state index in [1.54, 1.807) is 7.11 Å². The standard InChI is InChI=1S/C38H43N4O10PS/c1-6-37(2,3)33(43)54-22-21-48-53(45)49-23-29-30-31(52-36(47-5)51-30)32(50-29)42-24-39-34(40-35(42)44)41-38(25-13-9-7-10-14-25,26-15-11-8-12-16-26)27-17-19-28(46-4)20-18-27/h7-20,24,29-32,36H,6,21-23H2,1-5H3/p+1. The van der Waals surface area contributed by atoms with Crippen LogP contribution in [0.4, 0.5) is 5.95 Å². The molecule has 0 radical (unpaired) electrons. The summed E-state index contributed by atoms with van der Waals surface area (Å²) in [5.41, 5.74) is 0.496. The molecule has 2 aliphatic heterocycles. The molecule has 0 saturated carbocycles. The summed E-state index contributed by atoms with van der Waals surface area (Å²) in [4.78, 5) is 35.1. The monoisotopic (exact) mass is 779 g/mol. The van der Waals surface area contributed by atoms with Crippen LogP contribution in [-0.4, -0.2) is 77.6 Å². The Labute approximate surface area is 318 Å². The number of benzene rings is 3. The Balaban J connectivity index is 1.21. The van der Waals surface area contributed by atoms with Gasteiger partial charge >= 0.3 is 13.9 Å². The first-order chi connectivity index (χ1) is 26.1. The minimum Gasteiger partial charge on any atom is -0.497 e. The summed E-state index contributed by atoms with van der Waals surface area (Å²) in [6, 6.07) is 27.3. The van der Waals surface area contributed by atoms with Gasteiger partial charge < -0.3 is 29.0 Å². The van der Waals surface area contributed by atoms with Gasteiger partial charge in [0.1, 0.15) is 49.1 Å². The largest absolute Gasteiger partial charge is 0.697 e. The van der Waals surface area contributed by atoms with Crippen molar-refractivity contribution in [3.8, 4) is 5.75 Å². The third-order valence-electron chi connectivity index (χ3n) is 9.55. The van der Waals surface area contributed by atoms with Crippen molar-refractivity contribution in [2.75, 3.05) is 38.5 Å². The van der Waals surface area contributed by atoms with Crippen LogP contribution in [0.1, 0.15) is 50.1 Å². The molecule has 3 aromatic carbocycles. The van der Waals surface area contributed by atoms with Crippen LogP contribution in [0.3, 0.4) is 0 Å². The van der Waals surface area contributed by atoms with E-state index in [1.165, 1.54) is 18.0 Å². The minimum atomic E-state index is -2.54. The van der Waals surface area contributed by atoms with Crippen LogP contribution in [0, 0.1) is 5.41 Å². The van der Waals surface area contributed by atoms with E-state index in [2.05, 4.69) is 15.3 Å². The van der Waals surface area contributed by atoms with E-state index in [4.69, 9.17) is 32.7 Å². The SMILES string of the molecule is CCC(C)(C)C(=O)SCCO[P+](=O)OCC1OC(n2cnc(NC(c3ccccc3)(c3ccccc3)c3ccc(OC)cc3)nc2=O)C2OC(OC)OC12. The molecule has 6 unspecified atom stereocenters. The van der Waals surface area contributed by atoms with Crippen LogP contribution in [-0.2, 0) is 42.9 Å². The Kier molecular flexibility index (Phi) is 12.9. The van der Waals surface area contributed by atoms with Gasteiger partial charge in [0.05, 0.1) is 7.11 Å². The lowest BCUT2D eigenvalue weighted by atomic mass is 9.77. The molecule has 6 rings (SSSR count). The van der Waals surface area contributed by atoms with Crippen LogP contribution in [0.2, 0.25) is 0 Å². The normalized spacial score (nSPS) is 21.4. The predicted octanol–water partition coefficient (Wildman–Crippen LogP) is 6.05. The number of anilines is 1. The second-order valence-electron chi connectivity index (χ2n) is 13.2. The van der Waals surface area contributed by atoms with Gasteiger partial charge in [-0.1, -0.05) is 105 Å². The lowest BCUT2D eigenvalue weighted by Gasteiger charge is -2.37. The Morgan fingerprint density at radius 3 is 2.13 bits per heavy atom. The van der Waals surface area contributed by atoms with Crippen molar-refractivity contribution in [2.45, 2.75) is 63.7 Å². The van der Waals surface area contributed by atoms with Crippen molar-refractivity contribution in [2.24, 2.45) is 5.41 Å². The first kappa shape index (κ1) is 39.6. The van der Waals surface area contributed by atoms with E-state index in [9.17, 15) is 14.2 Å². The predicted molar refractivity (Wildman–Crippen MR) is 201 cm³/mol. The number of rotatable bonds is 17. The third kappa shape index (κ3) is 8.59. The number of hydrogen-bond donors (Lipinski definition) is 1. The molecule has 2 fully saturated rings. The molecule has 2 saturated heterocycles. The van der Waals surface area contributed by atoms with Crippen molar-refractivity contribution >= 4 is 31.1 Å². The smallest absolute Gasteiger partial charge is 0.497 e. The fraction of sp³-hybridized carbons (Fsp3) is 0.421. The van der Waals surface area contributed by atoms with Gasteiger partial charge in [-0.15, -0.1) is 9.05 Å². The number of nitrogens with zero attached hydrogens (tertiary/aromatic N) is 3. The molecule has 3 heterocycles. The average Bonchev–Trinajstić information content (AvgIpc) is 3.78. The quantitative estimate of drug-likeness (QED) is 0.0750. The zero-order valence-corrected chi connectivity index (χ0v) is 32.4. The number of methoxy groups -OCH3 is 2. The summed E-state index contributed by atoms with van der Waals surface area (Å²) in [6.45, 7) is 4.55. The zero-order chi connectivity index (χ0) is 38.3. The fourth-order valence-electron chi connectivity index (χ4n) is 6.21. The molecule has 1 N–H and O–H groups in total. The summed E-state index contributed by atoms with van der Waals surface area (Å²) in [5.74, 6) is 1.09. The Morgan fingerprint density at radius 1 is 0.907 bits per heavy atom. The van der Waals surface area contributed by atoms with Gasteiger partial charge in [0.2, 0.25) is 5.95 Å². The summed E-state index contributed by atoms with van der Waals surface area (Å²) < 4.78 is 53.3. The highest BCUT2D eigenvalue weighted by atomic mass is 32.2. The number of ether oxygens (including phenoxy) is 5. The molecule has 0 aliphatic carbocycles. The molecule has 54 heavy (non-hydrogen) atoms. The summed E-state index contributed by atoms with van der Waals surface area (Å²) in [5, 5.41) is 3.54. The van der Waals surface area contributed by atoms with Crippen molar-refractivity contribution in [3.63, 3.8) is 0 Å². The highest BCUT2D eigenvalue weighted by molar-refractivity contribution is 8.13. The maximum Gasteiger partial charge on any atom is 0.697 e. The van der Waals surface area contributed by atoms with E-state index in [0.717, 1.165) is 28.5 Å². The van der Waals surface area contributed by atoms with Crippen LogP contribution in [0.15, 0.2) is 96.1 Å². The van der Waals surface area contributed by atoms with Crippen molar-refractivity contribution < 1.29 is 42.1 Å². The van der Waals surface area contributed by atoms with Crippen LogP contribution in [0.25, 0.3) is 0 Å². The summed E-state index contributed by atoms with van der Waals surface area (Å²) in [6.07, 6.45) is -1.33. The second kappa shape index (κ2) is 17.6. The van der Waals surface area contributed by atoms with Gasteiger partial charge in [0, 0.05) is 22.8 Å². The molecule has 16 heteroatoms. The van der Waals surface area contributed by atoms with Crippen molar-refractivity contribution in [1.29, 1.82) is 0 Å². The maximum atomic E-state index is 13.8. The van der Waals surface area contributed by atoms with Gasteiger partial charge in [-0.2, -0.15) is 4.98 Å². The molecule has 2 aliphatic rings. The first-order valence-corrected chi connectivity index (χ1v) is 19.6. The van der Waals surface area contributed by atoms with Gasteiger partial charge in [-0.3, -0.25) is 9.36 Å². The zero-order valence-electron chi connectivity index (χ0n) is 30.7. The highest BCUT2D eigenvalue weighted by Gasteiger charge is 2.55. The first-order valence-electron chi connectivity index (χ1n) is 17.5. The van der Waals surface area contributed by atoms with E-state index in [-0.39, 0.29) is 24.3 Å². The molecule has 0 bridgehead atoms. The van der Waals surface area contributed by atoms with Crippen molar-refractivity contribution in [1.82, 2.24) is 14.5 Å². The number of thioether (sulfide) groups is 1. The molecular formula is C38H44N4O10PS+. The Bertz CT molecular complexity index is 1900. The molecular weight excluding hydrogens is 735 g/mol. The van der Waals surface area contributed by atoms with Crippen LogP contribution in [0.5, 0.6) is 5.75 Å². The fourth-order valence-corrected chi connectivity index (χ4v) is 7.81. The summed E-state index contributed by atoms with van der Waals surface area (Å²) >= 11 is 1.13. The number of aromatic nitrogens is 3. The number of fused-ring (bicyclic) bond motifs is 1. The van der Waals surface area contributed by atoms with Crippen LogP contribution >= 0.6 is 20.0 Å². The molecule has 0 amide bonds. The maximum absolute atomic E-state index is 13.8.